The van der Waals surface area contributed by atoms with E-state index in [9.17, 15) is 8.78 Å². The molecule has 112 valence electrons. The molecular formula is C15H17F2N3O. The van der Waals surface area contributed by atoms with E-state index in [-0.39, 0.29) is 12.0 Å². The highest BCUT2D eigenvalue weighted by Crippen LogP contribution is 2.32. The zero-order chi connectivity index (χ0) is 14.9. The molecule has 6 heteroatoms. The van der Waals surface area contributed by atoms with Gasteiger partial charge in [-0.25, -0.2) is 8.78 Å². The van der Waals surface area contributed by atoms with E-state index < -0.39 is 11.6 Å². The van der Waals surface area contributed by atoms with E-state index in [4.69, 9.17) is 4.52 Å². The van der Waals surface area contributed by atoms with E-state index in [2.05, 4.69) is 22.4 Å². The average Bonchev–Trinajstić information content (AvgIpc) is 3.11. The second-order valence-corrected chi connectivity index (χ2v) is 5.39. The maximum atomic E-state index is 13.6. The zero-order valence-electron chi connectivity index (χ0n) is 11.8. The molecule has 2 heterocycles. The molecule has 1 atom stereocenters. The van der Waals surface area contributed by atoms with E-state index in [0.29, 0.717) is 17.3 Å². The number of halogens is 2. The van der Waals surface area contributed by atoms with Gasteiger partial charge >= 0.3 is 0 Å². The van der Waals surface area contributed by atoms with Crippen LogP contribution >= 0.6 is 0 Å². The Labute approximate surface area is 121 Å². The zero-order valence-corrected chi connectivity index (χ0v) is 11.8. The first-order chi connectivity index (χ1) is 10.1. The molecule has 4 nitrogen and oxygen atoms in total. The quantitative estimate of drug-likeness (QED) is 0.941. The van der Waals surface area contributed by atoms with Gasteiger partial charge in [-0.1, -0.05) is 18.1 Å². The number of benzene rings is 1. The Kier molecular flexibility index (Phi) is 3.71. The van der Waals surface area contributed by atoms with Gasteiger partial charge in [0, 0.05) is 12.5 Å². The fourth-order valence-corrected chi connectivity index (χ4v) is 2.80. The number of aromatic nitrogens is 2. The summed E-state index contributed by atoms with van der Waals surface area (Å²) in [7, 11) is 0. The van der Waals surface area contributed by atoms with Crippen molar-refractivity contribution in [3.8, 4) is 0 Å². The summed E-state index contributed by atoms with van der Waals surface area (Å²) in [5.41, 5.74) is 0.0979. The summed E-state index contributed by atoms with van der Waals surface area (Å²) in [5, 5.41) is 7.34. The third kappa shape index (κ3) is 2.68. The fourth-order valence-electron chi connectivity index (χ4n) is 2.80. The molecule has 21 heavy (non-hydrogen) atoms. The van der Waals surface area contributed by atoms with Gasteiger partial charge in [-0.3, -0.25) is 0 Å². The smallest absolute Gasteiger partial charge is 0.246 e. The molecule has 1 saturated heterocycles. The van der Waals surface area contributed by atoms with Crippen molar-refractivity contribution >= 4 is 0 Å². The molecule has 1 aliphatic heterocycles. The monoisotopic (exact) mass is 293 g/mol. The summed E-state index contributed by atoms with van der Waals surface area (Å²) < 4.78 is 31.9. The topological polar surface area (TPSA) is 51.0 Å². The highest BCUT2D eigenvalue weighted by molar-refractivity contribution is 5.22. The Morgan fingerprint density at radius 1 is 1.38 bits per heavy atom. The lowest BCUT2D eigenvalue weighted by molar-refractivity contribution is 0.249. The molecule has 1 fully saturated rings. The second-order valence-electron chi connectivity index (χ2n) is 5.39. The molecule has 0 spiro atoms. The number of hydrogen-bond acceptors (Lipinski definition) is 4. The molecule has 2 aromatic rings. The van der Waals surface area contributed by atoms with Crippen LogP contribution in [-0.4, -0.2) is 16.7 Å². The highest BCUT2D eigenvalue weighted by atomic mass is 19.1. The van der Waals surface area contributed by atoms with E-state index in [1.807, 2.05) is 0 Å². The van der Waals surface area contributed by atoms with Gasteiger partial charge in [0.15, 0.2) is 5.82 Å². The molecule has 1 N–H and O–H groups in total. The van der Waals surface area contributed by atoms with Crippen molar-refractivity contribution < 1.29 is 13.3 Å². The van der Waals surface area contributed by atoms with Crippen LogP contribution in [0.1, 0.15) is 43.5 Å². The summed E-state index contributed by atoms with van der Waals surface area (Å²) in [5.74, 6) is -0.215. The van der Waals surface area contributed by atoms with Gasteiger partial charge in [0.1, 0.15) is 11.6 Å². The van der Waals surface area contributed by atoms with Crippen LogP contribution in [0.15, 0.2) is 22.7 Å². The minimum Gasteiger partial charge on any atom is -0.337 e. The molecule has 0 radical (unpaired) electrons. The molecule has 1 unspecified atom stereocenters. The van der Waals surface area contributed by atoms with Gasteiger partial charge in [0.2, 0.25) is 5.89 Å². The van der Waals surface area contributed by atoms with Crippen molar-refractivity contribution in [3.05, 3.63) is 47.1 Å². The predicted octanol–water partition coefficient (Wildman–Crippen LogP) is 2.93. The number of nitrogens with zero attached hydrogens (tertiary/aromatic N) is 2. The number of nitrogens with one attached hydrogen (secondary N) is 1. The maximum absolute atomic E-state index is 13.6. The maximum Gasteiger partial charge on any atom is 0.246 e. The lowest BCUT2D eigenvalue weighted by atomic mass is 9.94. The minimum atomic E-state index is -0.592. The summed E-state index contributed by atoms with van der Waals surface area (Å²) >= 11 is 0. The summed E-state index contributed by atoms with van der Waals surface area (Å²) in [6.07, 6.45) is 3.07. The fraction of sp³-hybridized carbons (Fsp3) is 0.467. The predicted molar refractivity (Wildman–Crippen MR) is 72.7 cm³/mol. The molecule has 1 aromatic carbocycles. The van der Waals surface area contributed by atoms with Crippen LogP contribution < -0.4 is 5.32 Å². The summed E-state index contributed by atoms with van der Waals surface area (Å²) in [6.45, 7) is 3.00. The Bertz CT molecular complexity index is 636. The molecular weight excluding hydrogens is 276 g/mol. The van der Waals surface area contributed by atoms with Gasteiger partial charge in [-0.05, 0) is 37.4 Å². The molecule has 1 aliphatic rings. The normalized spacial score (nSPS) is 21.9. The van der Waals surface area contributed by atoms with Gasteiger partial charge in [-0.2, -0.15) is 4.98 Å². The molecule has 0 amide bonds. The summed E-state index contributed by atoms with van der Waals surface area (Å²) in [4.78, 5) is 4.39. The number of hydrogen-bond donors (Lipinski definition) is 1. The van der Waals surface area contributed by atoms with Gasteiger partial charge in [0.05, 0.1) is 5.54 Å². The van der Waals surface area contributed by atoms with E-state index in [1.165, 1.54) is 12.1 Å². The van der Waals surface area contributed by atoms with Crippen LogP contribution in [0.3, 0.4) is 0 Å². The Morgan fingerprint density at radius 3 is 2.90 bits per heavy atom. The van der Waals surface area contributed by atoms with E-state index in [1.54, 1.807) is 0 Å². The number of rotatable bonds is 4. The van der Waals surface area contributed by atoms with Crippen molar-refractivity contribution in [1.29, 1.82) is 0 Å². The van der Waals surface area contributed by atoms with Crippen LogP contribution in [0.2, 0.25) is 0 Å². The van der Waals surface area contributed by atoms with Gasteiger partial charge in [-0.15, -0.1) is 0 Å². The Balaban J connectivity index is 1.82. The van der Waals surface area contributed by atoms with E-state index in [0.717, 1.165) is 31.9 Å². The third-order valence-corrected chi connectivity index (χ3v) is 4.09. The lowest BCUT2D eigenvalue weighted by Crippen LogP contribution is -2.36. The van der Waals surface area contributed by atoms with Crippen molar-refractivity contribution in [2.75, 3.05) is 6.54 Å². The van der Waals surface area contributed by atoms with E-state index >= 15 is 0 Å². The molecule has 0 aliphatic carbocycles. The van der Waals surface area contributed by atoms with Crippen molar-refractivity contribution in [2.24, 2.45) is 0 Å². The molecule has 1 aromatic heterocycles. The third-order valence-electron chi connectivity index (χ3n) is 4.09. The SMILES string of the molecule is CCC1(c2nc(Cc3ccc(F)cc3F)no2)CCCN1. The Hall–Kier alpha value is -1.82. The van der Waals surface area contributed by atoms with Crippen molar-refractivity contribution in [2.45, 2.75) is 38.1 Å². The van der Waals surface area contributed by atoms with Gasteiger partial charge in [0.25, 0.3) is 0 Å². The Morgan fingerprint density at radius 2 is 2.24 bits per heavy atom. The van der Waals surface area contributed by atoms with Crippen LogP contribution in [0, 0.1) is 11.6 Å². The summed E-state index contributed by atoms with van der Waals surface area (Å²) in [6, 6.07) is 3.50. The minimum absolute atomic E-state index is 0.190. The van der Waals surface area contributed by atoms with Crippen LogP contribution in [0.25, 0.3) is 0 Å². The molecule has 0 bridgehead atoms. The molecule has 0 saturated carbocycles. The lowest BCUT2D eigenvalue weighted by Gasteiger charge is -2.22. The van der Waals surface area contributed by atoms with Crippen molar-refractivity contribution in [3.63, 3.8) is 0 Å². The van der Waals surface area contributed by atoms with Crippen molar-refractivity contribution in [1.82, 2.24) is 15.5 Å². The first kappa shape index (κ1) is 14.1. The first-order valence-electron chi connectivity index (χ1n) is 7.15. The standard InChI is InChI=1S/C15H17F2N3O/c1-2-15(6-3-7-18-15)14-19-13(20-21-14)8-10-4-5-11(16)9-12(10)17/h4-5,9,18H,2-3,6-8H2,1H3. The largest absolute Gasteiger partial charge is 0.337 e. The van der Waals surface area contributed by atoms with Crippen LogP contribution in [-0.2, 0) is 12.0 Å². The average molecular weight is 293 g/mol. The highest BCUT2D eigenvalue weighted by Gasteiger charge is 2.38. The first-order valence-corrected chi connectivity index (χ1v) is 7.15. The van der Waals surface area contributed by atoms with Crippen LogP contribution in [0.4, 0.5) is 8.78 Å². The van der Waals surface area contributed by atoms with Gasteiger partial charge < -0.3 is 9.84 Å². The second kappa shape index (κ2) is 5.52. The molecule has 3 rings (SSSR count). The van der Waals surface area contributed by atoms with Crippen LogP contribution in [0.5, 0.6) is 0 Å².